The van der Waals surface area contributed by atoms with Gasteiger partial charge >= 0.3 is 0 Å². The number of aromatic nitrogens is 2. The quantitative estimate of drug-likeness (QED) is 0.496. The summed E-state index contributed by atoms with van der Waals surface area (Å²) in [6, 6.07) is 16.9. The minimum absolute atomic E-state index is 0.0411. The Morgan fingerprint density at radius 3 is 2.66 bits per heavy atom. The van der Waals surface area contributed by atoms with Gasteiger partial charge in [0.15, 0.2) is 0 Å². The first kappa shape index (κ1) is 21.8. The van der Waals surface area contributed by atoms with Gasteiger partial charge < -0.3 is 19.7 Å². The van der Waals surface area contributed by atoms with Crippen LogP contribution in [0.2, 0.25) is 0 Å². The molecule has 0 spiro atoms. The van der Waals surface area contributed by atoms with E-state index in [4.69, 9.17) is 9.47 Å². The Labute approximate surface area is 190 Å². The van der Waals surface area contributed by atoms with Crippen molar-refractivity contribution in [2.45, 2.75) is 25.2 Å². The van der Waals surface area contributed by atoms with Crippen LogP contribution in [0.5, 0.6) is 11.5 Å². The van der Waals surface area contributed by atoms with E-state index in [0.717, 1.165) is 22.2 Å². The van der Waals surface area contributed by atoms with E-state index in [2.05, 4.69) is 15.5 Å². The second kappa shape index (κ2) is 10.2. The molecule has 0 aliphatic carbocycles. The summed E-state index contributed by atoms with van der Waals surface area (Å²) in [6.45, 7) is 0.995. The number of hydrogen-bond acceptors (Lipinski definition) is 7. The summed E-state index contributed by atoms with van der Waals surface area (Å²) in [4.78, 5) is 26.5. The Balaban J connectivity index is 1.26. The molecule has 1 fully saturated rings. The molecule has 1 saturated heterocycles. The van der Waals surface area contributed by atoms with E-state index in [1.54, 1.807) is 12.0 Å². The van der Waals surface area contributed by atoms with Crippen molar-refractivity contribution in [3.05, 3.63) is 59.6 Å². The number of rotatable bonds is 9. The molecule has 2 amide bonds. The van der Waals surface area contributed by atoms with E-state index >= 15 is 0 Å². The molecule has 0 saturated carbocycles. The molecule has 9 heteroatoms. The van der Waals surface area contributed by atoms with Crippen molar-refractivity contribution in [1.29, 1.82) is 0 Å². The molecule has 2 heterocycles. The molecule has 1 aromatic heterocycles. The van der Waals surface area contributed by atoms with Gasteiger partial charge in [-0.25, -0.2) is 0 Å². The van der Waals surface area contributed by atoms with Gasteiger partial charge in [0, 0.05) is 31.0 Å². The standard InChI is InChI=1S/C23H24N4O4S/c1-30-18-11-9-17(10-12-18)27-15-16(14-21(27)29)22-25-26-23(32-22)24-20(28)8-5-13-31-19-6-3-2-4-7-19/h2-4,6-7,9-12,16H,5,8,13-15H2,1H3,(H,24,26,28)/t16-/m0/s1. The molecule has 0 unspecified atom stereocenters. The monoisotopic (exact) mass is 452 g/mol. The first-order chi connectivity index (χ1) is 15.6. The fourth-order valence-corrected chi connectivity index (χ4v) is 4.31. The summed E-state index contributed by atoms with van der Waals surface area (Å²) in [6.07, 6.45) is 1.29. The number of para-hydroxylation sites is 1. The van der Waals surface area contributed by atoms with Crippen LogP contribution in [0.3, 0.4) is 0 Å². The topological polar surface area (TPSA) is 93.7 Å². The summed E-state index contributed by atoms with van der Waals surface area (Å²) in [7, 11) is 1.61. The zero-order valence-corrected chi connectivity index (χ0v) is 18.5. The molecule has 32 heavy (non-hydrogen) atoms. The first-order valence-electron chi connectivity index (χ1n) is 10.4. The molecular formula is C23H24N4O4S. The molecule has 2 aromatic carbocycles. The average molecular weight is 453 g/mol. The average Bonchev–Trinajstić information content (AvgIpc) is 3.44. The van der Waals surface area contributed by atoms with Crippen LogP contribution in [0.1, 0.15) is 30.2 Å². The number of nitrogens with zero attached hydrogens (tertiary/aromatic N) is 3. The summed E-state index contributed by atoms with van der Waals surface area (Å²) in [5, 5.41) is 12.3. The number of anilines is 2. The molecule has 1 aliphatic rings. The maximum absolute atomic E-state index is 12.5. The summed E-state index contributed by atoms with van der Waals surface area (Å²) in [5.74, 6) is 1.39. The highest BCUT2D eigenvalue weighted by atomic mass is 32.1. The Bertz CT molecular complexity index is 1060. The minimum Gasteiger partial charge on any atom is -0.497 e. The zero-order valence-electron chi connectivity index (χ0n) is 17.7. The van der Waals surface area contributed by atoms with E-state index < -0.39 is 0 Å². The summed E-state index contributed by atoms with van der Waals surface area (Å²) >= 11 is 1.32. The van der Waals surface area contributed by atoms with E-state index in [0.29, 0.717) is 37.5 Å². The molecule has 0 bridgehead atoms. The van der Waals surface area contributed by atoms with Crippen molar-refractivity contribution >= 4 is 34.0 Å². The Morgan fingerprint density at radius 2 is 1.91 bits per heavy atom. The van der Waals surface area contributed by atoms with Crippen LogP contribution in [0, 0.1) is 0 Å². The Hall–Kier alpha value is -3.46. The maximum Gasteiger partial charge on any atom is 0.227 e. The number of carbonyl (C=O) groups excluding carboxylic acids is 2. The van der Waals surface area contributed by atoms with Crippen LogP contribution in [0.4, 0.5) is 10.8 Å². The van der Waals surface area contributed by atoms with Crippen LogP contribution >= 0.6 is 11.3 Å². The van der Waals surface area contributed by atoms with Gasteiger partial charge in [-0.05, 0) is 42.8 Å². The SMILES string of the molecule is COc1ccc(N2C[C@@H](c3nnc(NC(=O)CCCOc4ccccc4)s3)CC2=O)cc1. The van der Waals surface area contributed by atoms with Gasteiger partial charge in [0.25, 0.3) is 0 Å². The first-order valence-corrected chi connectivity index (χ1v) is 11.2. The molecule has 8 nitrogen and oxygen atoms in total. The third kappa shape index (κ3) is 5.42. The van der Waals surface area contributed by atoms with Gasteiger partial charge in [0.2, 0.25) is 16.9 Å². The Kier molecular flexibility index (Phi) is 6.96. The maximum atomic E-state index is 12.5. The number of benzene rings is 2. The van der Waals surface area contributed by atoms with Crippen molar-refractivity contribution in [3.63, 3.8) is 0 Å². The van der Waals surface area contributed by atoms with E-state index in [1.165, 1.54) is 11.3 Å². The molecule has 1 N–H and O–H groups in total. The highest BCUT2D eigenvalue weighted by Gasteiger charge is 2.34. The number of ether oxygens (including phenoxy) is 2. The van der Waals surface area contributed by atoms with Gasteiger partial charge in [-0.15, -0.1) is 10.2 Å². The fraction of sp³-hybridized carbons (Fsp3) is 0.304. The van der Waals surface area contributed by atoms with Crippen molar-refractivity contribution in [2.75, 3.05) is 30.5 Å². The predicted octanol–water partition coefficient (Wildman–Crippen LogP) is 3.86. The lowest BCUT2D eigenvalue weighted by atomic mass is 10.1. The molecule has 3 aromatic rings. The second-order valence-corrected chi connectivity index (χ2v) is 8.37. The second-order valence-electron chi connectivity index (χ2n) is 7.36. The van der Waals surface area contributed by atoms with Crippen LogP contribution < -0.4 is 19.7 Å². The molecular weight excluding hydrogens is 428 g/mol. The van der Waals surface area contributed by atoms with Crippen molar-refractivity contribution in [2.24, 2.45) is 0 Å². The summed E-state index contributed by atoms with van der Waals surface area (Å²) < 4.78 is 10.8. The molecule has 1 atom stereocenters. The molecule has 1 aliphatic heterocycles. The van der Waals surface area contributed by atoms with Crippen molar-refractivity contribution in [3.8, 4) is 11.5 Å². The fourth-order valence-electron chi connectivity index (χ4n) is 3.46. The largest absolute Gasteiger partial charge is 0.497 e. The summed E-state index contributed by atoms with van der Waals surface area (Å²) in [5.41, 5.74) is 0.828. The van der Waals surface area contributed by atoms with Crippen molar-refractivity contribution < 1.29 is 19.1 Å². The van der Waals surface area contributed by atoms with Crippen LogP contribution in [-0.4, -0.2) is 42.3 Å². The number of nitrogens with one attached hydrogen (secondary N) is 1. The van der Waals surface area contributed by atoms with Gasteiger partial charge in [-0.2, -0.15) is 0 Å². The van der Waals surface area contributed by atoms with Crippen molar-refractivity contribution in [1.82, 2.24) is 10.2 Å². The van der Waals surface area contributed by atoms with Gasteiger partial charge in [0.1, 0.15) is 16.5 Å². The minimum atomic E-state index is -0.133. The highest BCUT2D eigenvalue weighted by Crippen LogP contribution is 2.34. The normalized spacial score (nSPS) is 15.6. The smallest absolute Gasteiger partial charge is 0.227 e. The molecule has 0 radical (unpaired) electrons. The highest BCUT2D eigenvalue weighted by molar-refractivity contribution is 7.15. The molecule has 4 rings (SSSR count). The lowest BCUT2D eigenvalue weighted by molar-refractivity contribution is -0.117. The number of amides is 2. The number of methoxy groups -OCH3 is 1. The number of hydrogen-bond donors (Lipinski definition) is 1. The zero-order chi connectivity index (χ0) is 22.3. The van der Waals surface area contributed by atoms with Crippen LogP contribution in [0.25, 0.3) is 0 Å². The van der Waals surface area contributed by atoms with E-state index in [1.807, 2.05) is 54.6 Å². The Morgan fingerprint density at radius 1 is 1.12 bits per heavy atom. The van der Waals surface area contributed by atoms with Crippen LogP contribution in [0.15, 0.2) is 54.6 Å². The third-order valence-electron chi connectivity index (χ3n) is 5.11. The van der Waals surface area contributed by atoms with Crippen LogP contribution in [-0.2, 0) is 9.59 Å². The van der Waals surface area contributed by atoms with Gasteiger partial charge in [0.05, 0.1) is 13.7 Å². The van der Waals surface area contributed by atoms with Gasteiger partial charge in [-0.1, -0.05) is 29.5 Å². The van der Waals surface area contributed by atoms with E-state index in [9.17, 15) is 9.59 Å². The predicted molar refractivity (Wildman–Crippen MR) is 122 cm³/mol. The lowest BCUT2D eigenvalue weighted by Gasteiger charge is -2.16. The third-order valence-corrected chi connectivity index (χ3v) is 6.11. The molecule has 166 valence electrons. The van der Waals surface area contributed by atoms with Gasteiger partial charge in [-0.3, -0.25) is 9.59 Å². The number of carbonyl (C=O) groups is 2. The van der Waals surface area contributed by atoms with E-state index in [-0.39, 0.29) is 17.7 Å². The lowest BCUT2D eigenvalue weighted by Crippen LogP contribution is -2.24.